The van der Waals surface area contributed by atoms with Gasteiger partial charge in [0.2, 0.25) is 0 Å². The average Bonchev–Trinajstić information content (AvgIpc) is 3.24. The van der Waals surface area contributed by atoms with E-state index in [1.54, 1.807) is 19.5 Å². The van der Waals surface area contributed by atoms with E-state index < -0.39 is 0 Å². The monoisotopic (exact) mass is 377 g/mol. The Hall–Kier alpha value is -3.12. The summed E-state index contributed by atoms with van der Waals surface area (Å²) in [5, 5.41) is 1.94. The second-order valence-corrected chi connectivity index (χ2v) is 6.35. The normalized spacial score (nSPS) is 10.2. The smallest absolute Gasteiger partial charge is 0.160 e. The van der Waals surface area contributed by atoms with Gasteiger partial charge in [-0.25, -0.2) is 9.97 Å². The number of methoxy groups -OCH3 is 1. The first kappa shape index (κ1) is 18.7. The summed E-state index contributed by atoms with van der Waals surface area (Å²) in [6, 6.07) is 11.4. The number of hydrogen-bond donors (Lipinski definition) is 0. The maximum Gasteiger partial charge on any atom is 0.160 e. The summed E-state index contributed by atoms with van der Waals surface area (Å²) >= 11 is 1.41. The van der Waals surface area contributed by atoms with Gasteiger partial charge in [-0.3, -0.25) is 9.78 Å². The van der Waals surface area contributed by atoms with Gasteiger partial charge in [-0.15, -0.1) is 11.3 Å². The van der Waals surface area contributed by atoms with Gasteiger partial charge in [0.1, 0.15) is 11.3 Å². The minimum Gasteiger partial charge on any atom is -0.497 e. The highest BCUT2D eigenvalue weighted by atomic mass is 32.1. The number of carbonyl (C=O) groups is 1. The number of aldehydes is 1. The summed E-state index contributed by atoms with van der Waals surface area (Å²) in [6.07, 6.45) is 4.35. The Morgan fingerprint density at radius 1 is 0.926 bits per heavy atom. The molecule has 3 heterocycles. The summed E-state index contributed by atoms with van der Waals surface area (Å²) in [5.74, 6) is 1.42. The second-order valence-electron chi connectivity index (χ2n) is 5.41. The number of pyridine rings is 1. The van der Waals surface area contributed by atoms with Gasteiger partial charge in [-0.2, -0.15) is 0 Å². The van der Waals surface area contributed by atoms with E-state index in [9.17, 15) is 4.79 Å². The summed E-state index contributed by atoms with van der Waals surface area (Å²) in [7, 11) is 1.63. The van der Waals surface area contributed by atoms with Crippen LogP contribution in [0.4, 0.5) is 0 Å². The van der Waals surface area contributed by atoms with Crippen molar-refractivity contribution in [1.29, 1.82) is 0 Å². The summed E-state index contributed by atoms with van der Waals surface area (Å²) in [5.41, 5.74) is 4.29. The first-order chi connectivity index (χ1) is 13.3. The van der Waals surface area contributed by atoms with Crippen molar-refractivity contribution in [2.75, 3.05) is 7.11 Å². The van der Waals surface area contributed by atoms with Crippen LogP contribution in [0.2, 0.25) is 0 Å². The minimum atomic E-state index is 0.632. The number of ether oxygens (including phenoxy) is 1. The second kappa shape index (κ2) is 8.51. The van der Waals surface area contributed by atoms with Crippen LogP contribution < -0.4 is 4.74 Å². The molecule has 0 amide bonds. The molecule has 4 rings (SSSR count). The van der Waals surface area contributed by atoms with Crippen LogP contribution in [0.5, 0.6) is 5.75 Å². The fourth-order valence-corrected chi connectivity index (χ4v) is 3.24. The van der Waals surface area contributed by atoms with E-state index in [0.717, 1.165) is 39.8 Å². The number of nitrogens with zero attached hydrogens (tertiary/aromatic N) is 3. The molecule has 0 fully saturated rings. The molecule has 0 atom stereocenters. The van der Waals surface area contributed by atoms with Gasteiger partial charge >= 0.3 is 0 Å². The van der Waals surface area contributed by atoms with Gasteiger partial charge in [0.15, 0.2) is 12.1 Å². The lowest BCUT2D eigenvalue weighted by molar-refractivity contribution is 0.112. The quantitative estimate of drug-likeness (QED) is 0.453. The van der Waals surface area contributed by atoms with Gasteiger partial charge in [-0.1, -0.05) is 13.8 Å². The Morgan fingerprint density at radius 2 is 1.70 bits per heavy atom. The Balaban J connectivity index is 0.00000102. The van der Waals surface area contributed by atoms with Crippen LogP contribution in [0.15, 0.2) is 54.2 Å². The molecule has 0 aliphatic carbocycles. The van der Waals surface area contributed by atoms with Crippen LogP contribution in [0.3, 0.4) is 0 Å². The predicted molar refractivity (Wildman–Crippen MR) is 109 cm³/mol. The minimum absolute atomic E-state index is 0.632. The third kappa shape index (κ3) is 4.01. The molecule has 0 radical (unpaired) electrons. The van der Waals surface area contributed by atoms with Crippen molar-refractivity contribution in [3.63, 3.8) is 0 Å². The van der Waals surface area contributed by atoms with Crippen molar-refractivity contribution in [1.82, 2.24) is 15.0 Å². The van der Waals surface area contributed by atoms with Gasteiger partial charge in [0.05, 0.1) is 23.7 Å². The fraction of sp³-hybridized carbons (Fsp3) is 0.143. The zero-order valence-electron chi connectivity index (χ0n) is 15.3. The first-order valence-corrected chi connectivity index (χ1v) is 9.46. The Labute approximate surface area is 161 Å². The molecule has 0 saturated heterocycles. The van der Waals surface area contributed by atoms with Gasteiger partial charge in [-0.05, 0) is 47.3 Å². The number of aromatic nitrogens is 3. The van der Waals surface area contributed by atoms with Crippen molar-refractivity contribution >= 4 is 28.7 Å². The van der Waals surface area contributed by atoms with Gasteiger partial charge in [0, 0.05) is 17.3 Å². The van der Waals surface area contributed by atoms with Crippen LogP contribution in [-0.4, -0.2) is 28.3 Å². The largest absolute Gasteiger partial charge is 0.497 e. The molecular weight excluding hydrogens is 358 g/mol. The standard InChI is InChI=1S/C19H13N3O2S.C2H6/c1-24-15-4-2-12(3-5-15)19-21-9-18-17(22-19)7-13(8-20-18)14-6-16(10-23)25-11-14;1-2/h2-11H,1H3;1-2H3. The molecule has 136 valence electrons. The topological polar surface area (TPSA) is 65.0 Å². The van der Waals surface area contributed by atoms with Crippen LogP contribution >= 0.6 is 11.3 Å². The van der Waals surface area contributed by atoms with E-state index in [2.05, 4.69) is 15.0 Å². The van der Waals surface area contributed by atoms with E-state index in [1.165, 1.54) is 11.3 Å². The summed E-state index contributed by atoms with van der Waals surface area (Å²) in [4.78, 5) is 25.0. The molecule has 0 N–H and O–H groups in total. The molecule has 0 saturated carbocycles. The number of hydrogen-bond acceptors (Lipinski definition) is 6. The number of rotatable bonds is 4. The molecule has 0 aliphatic heterocycles. The van der Waals surface area contributed by atoms with Crippen molar-refractivity contribution in [2.45, 2.75) is 13.8 Å². The van der Waals surface area contributed by atoms with E-state index in [4.69, 9.17) is 4.74 Å². The molecule has 27 heavy (non-hydrogen) atoms. The molecule has 6 heteroatoms. The Morgan fingerprint density at radius 3 is 2.37 bits per heavy atom. The highest BCUT2D eigenvalue weighted by molar-refractivity contribution is 7.12. The van der Waals surface area contributed by atoms with E-state index >= 15 is 0 Å². The van der Waals surface area contributed by atoms with Crippen molar-refractivity contribution in [2.24, 2.45) is 0 Å². The van der Waals surface area contributed by atoms with Crippen molar-refractivity contribution in [3.05, 3.63) is 59.0 Å². The van der Waals surface area contributed by atoms with Gasteiger partial charge < -0.3 is 4.74 Å². The molecule has 0 bridgehead atoms. The number of benzene rings is 1. The van der Waals surface area contributed by atoms with Crippen LogP contribution in [0.25, 0.3) is 33.5 Å². The van der Waals surface area contributed by atoms with Gasteiger partial charge in [0.25, 0.3) is 0 Å². The van der Waals surface area contributed by atoms with Crippen LogP contribution in [0.1, 0.15) is 23.5 Å². The van der Waals surface area contributed by atoms with E-state index in [1.807, 2.05) is 55.6 Å². The van der Waals surface area contributed by atoms with Crippen LogP contribution in [-0.2, 0) is 0 Å². The summed E-state index contributed by atoms with van der Waals surface area (Å²) in [6.45, 7) is 4.00. The lowest BCUT2D eigenvalue weighted by Gasteiger charge is -2.05. The lowest BCUT2D eigenvalue weighted by Crippen LogP contribution is -1.92. The van der Waals surface area contributed by atoms with Crippen molar-refractivity contribution in [3.8, 4) is 28.3 Å². The molecule has 4 aromatic rings. The Kier molecular flexibility index (Phi) is 5.88. The molecule has 1 aromatic carbocycles. The number of carbonyl (C=O) groups excluding carboxylic acids is 1. The predicted octanol–water partition coefficient (Wildman–Crippen LogP) is 5.27. The number of thiophene rings is 1. The lowest BCUT2D eigenvalue weighted by atomic mass is 10.1. The third-order valence-corrected chi connectivity index (χ3v) is 4.71. The molecular formula is C21H19N3O2S. The molecule has 3 aromatic heterocycles. The molecule has 0 unspecified atom stereocenters. The van der Waals surface area contributed by atoms with Crippen LogP contribution in [0, 0.1) is 0 Å². The Bertz CT molecular complexity index is 1060. The fourth-order valence-electron chi connectivity index (χ4n) is 2.52. The third-order valence-electron chi connectivity index (χ3n) is 3.85. The highest BCUT2D eigenvalue weighted by Crippen LogP contribution is 2.27. The summed E-state index contributed by atoms with van der Waals surface area (Å²) < 4.78 is 5.18. The molecule has 0 spiro atoms. The number of fused-ring (bicyclic) bond motifs is 1. The highest BCUT2D eigenvalue weighted by Gasteiger charge is 2.08. The SMILES string of the molecule is CC.COc1ccc(-c2ncc3ncc(-c4csc(C=O)c4)cc3n2)cc1. The van der Waals surface area contributed by atoms with E-state index in [0.29, 0.717) is 10.7 Å². The average molecular weight is 377 g/mol. The zero-order chi connectivity index (χ0) is 19.2. The van der Waals surface area contributed by atoms with E-state index in [-0.39, 0.29) is 0 Å². The zero-order valence-corrected chi connectivity index (χ0v) is 16.2. The maximum atomic E-state index is 10.9. The molecule has 5 nitrogen and oxygen atoms in total. The van der Waals surface area contributed by atoms with Crippen molar-refractivity contribution < 1.29 is 9.53 Å². The first-order valence-electron chi connectivity index (χ1n) is 8.58. The molecule has 0 aliphatic rings. The maximum absolute atomic E-state index is 10.9.